The molecule has 0 radical (unpaired) electrons. The van der Waals surface area contributed by atoms with Gasteiger partial charge in [-0.25, -0.2) is 0 Å². The lowest BCUT2D eigenvalue weighted by Gasteiger charge is -2.09. The van der Waals surface area contributed by atoms with Gasteiger partial charge in [-0.1, -0.05) is 48.4 Å². The van der Waals surface area contributed by atoms with Gasteiger partial charge in [0.1, 0.15) is 0 Å². The van der Waals surface area contributed by atoms with Crippen molar-refractivity contribution in [2.75, 3.05) is 0 Å². The van der Waals surface area contributed by atoms with Crippen molar-refractivity contribution in [1.82, 2.24) is 0 Å². The first-order valence-electron chi connectivity index (χ1n) is 4.24. The predicted molar refractivity (Wildman–Crippen MR) is 66.1 cm³/mol. The van der Waals surface area contributed by atoms with Gasteiger partial charge in [0.2, 0.25) is 0 Å². The van der Waals surface area contributed by atoms with Crippen molar-refractivity contribution in [3.05, 3.63) is 33.8 Å². The molecular weight excluding hydrogens is 237 g/mol. The van der Waals surface area contributed by atoms with Gasteiger partial charge in [0.05, 0.1) is 15.0 Å². The van der Waals surface area contributed by atoms with E-state index >= 15 is 0 Å². The van der Waals surface area contributed by atoms with E-state index in [0.717, 1.165) is 12.0 Å². The summed E-state index contributed by atoms with van der Waals surface area (Å²) in [5, 5.41) is 1.14. The summed E-state index contributed by atoms with van der Waals surface area (Å²) in [5.41, 5.74) is 6.62. The molecule has 0 bridgehead atoms. The fourth-order valence-corrected chi connectivity index (χ4v) is 1.52. The molecule has 2 N–H and O–H groups in total. The van der Waals surface area contributed by atoms with Crippen molar-refractivity contribution in [2.45, 2.75) is 13.3 Å². The maximum Gasteiger partial charge on any atom is 0.0759 e. The second-order valence-electron chi connectivity index (χ2n) is 3.26. The minimum Gasteiger partial charge on any atom is -0.393 e. The second-order valence-corrected chi connectivity index (χ2v) is 4.54. The van der Waals surface area contributed by atoms with Crippen LogP contribution in [0.1, 0.15) is 12.5 Å². The van der Waals surface area contributed by atoms with E-state index in [0.29, 0.717) is 15.0 Å². The van der Waals surface area contributed by atoms with E-state index in [9.17, 15) is 0 Å². The van der Waals surface area contributed by atoms with Crippen LogP contribution in [-0.4, -0.2) is 4.99 Å². The highest BCUT2D eigenvalue weighted by atomic mass is 35.5. The number of rotatable bonds is 3. The molecular formula is C10H11Cl2NS. The standard InChI is InChI=1S/C10H11Cl2NS/c1-6(10(13)14)4-7-2-3-8(11)9(12)5-7/h2-3,5-6H,4H2,1H3,(H2,13,14). The summed E-state index contributed by atoms with van der Waals surface area (Å²) in [5.74, 6) is 0.183. The number of nitrogens with two attached hydrogens (primary N) is 1. The number of hydrogen-bond donors (Lipinski definition) is 1. The maximum absolute atomic E-state index is 5.88. The molecule has 1 aromatic carbocycles. The summed E-state index contributed by atoms with van der Waals surface area (Å²) in [6.45, 7) is 1.99. The average molecular weight is 248 g/mol. The Labute approximate surface area is 99.2 Å². The van der Waals surface area contributed by atoms with E-state index in [1.165, 1.54) is 0 Å². The zero-order chi connectivity index (χ0) is 10.7. The predicted octanol–water partition coefficient (Wildman–Crippen LogP) is 3.46. The van der Waals surface area contributed by atoms with E-state index in [-0.39, 0.29) is 5.92 Å². The molecule has 0 spiro atoms. The normalized spacial score (nSPS) is 12.5. The van der Waals surface area contributed by atoms with E-state index in [2.05, 4.69) is 0 Å². The van der Waals surface area contributed by atoms with Crippen molar-refractivity contribution in [2.24, 2.45) is 11.7 Å². The van der Waals surface area contributed by atoms with Crippen molar-refractivity contribution in [3.63, 3.8) is 0 Å². The van der Waals surface area contributed by atoms with Gasteiger partial charge in [-0.15, -0.1) is 0 Å². The Balaban J connectivity index is 2.78. The fraction of sp³-hybridized carbons (Fsp3) is 0.300. The molecule has 0 amide bonds. The first-order chi connectivity index (χ1) is 6.50. The van der Waals surface area contributed by atoms with Crippen LogP contribution in [0.2, 0.25) is 10.0 Å². The molecule has 1 unspecified atom stereocenters. The summed E-state index contributed by atoms with van der Waals surface area (Å²) >= 11 is 16.6. The van der Waals surface area contributed by atoms with Crippen LogP contribution in [-0.2, 0) is 6.42 Å². The molecule has 0 aliphatic rings. The van der Waals surface area contributed by atoms with Crippen molar-refractivity contribution >= 4 is 40.4 Å². The number of hydrogen-bond acceptors (Lipinski definition) is 1. The first-order valence-corrected chi connectivity index (χ1v) is 5.40. The molecule has 0 aliphatic heterocycles. The zero-order valence-electron chi connectivity index (χ0n) is 7.76. The van der Waals surface area contributed by atoms with Crippen LogP contribution in [0.25, 0.3) is 0 Å². The maximum atomic E-state index is 5.88. The highest BCUT2D eigenvalue weighted by molar-refractivity contribution is 7.80. The van der Waals surface area contributed by atoms with Crippen molar-refractivity contribution in [3.8, 4) is 0 Å². The number of thiocarbonyl (C=S) groups is 1. The van der Waals surface area contributed by atoms with E-state index < -0.39 is 0 Å². The monoisotopic (exact) mass is 247 g/mol. The Morgan fingerprint density at radius 1 is 1.43 bits per heavy atom. The fourth-order valence-electron chi connectivity index (χ4n) is 1.12. The van der Waals surface area contributed by atoms with Crippen LogP contribution in [0.15, 0.2) is 18.2 Å². The van der Waals surface area contributed by atoms with Crippen LogP contribution in [0, 0.1) is 5.92 Å². The highest BCUT2D eigenvalue weighted by Crippen LogP contribution is 2.23. The summed E-state index contributed by atoms with van der Waals surface area (Å²) in [6.07, 6.45) is 0.798. The van der Waals surface area contributed by atoms with Crippen LogP contribution in [0.3, 0.4) is 0 Å². The molecule has 1 nitrogen and oxygen atoms in total. The number of halogens is 2. The highest BCUT2D eigenvalue weighted by Gasteiger charge is 2.07. The third-order valence-electron chi connectivity index (χ3n) is 2.01. The van der Waals surface area contributed by atoms with Crippen molar-refractivity contribution in [1.29, 1.82) is 0 Å². The first kappa shape index (κ1) is 11.8. The molecule has 1 rings (SSSR count). The minimum atomic E-state index is 0.183. The lowest BCUT2D eigenvalue weighted by atomic mass is 10.0. The molecule has 0 saturated carbocycles. The molecule has 0 fully saturated rings. The second kappa shape index (κ2) is 4.96. The Morgan fingerprint density at radius 2 is 2.07 bits per heavy atom. The molecule has 0 aromatic heterocycles. The smallest absolute Gasteiger partial charge is 0.0759 e. The van der Waals surface area contributed by atoms with Gasteiger partial charge in [0, 0.05) is 5.92 Å². The van der Waals surface area contributed by atoms with Gasteiger partial charge in [0.25, 0.3) is 0 Å². The Bertz CT molecular complexity index is 352. The summed E-state index contributed by atoms with van der Waals surface area (Å²) in [4.78, 5) is 0.524. The van der Waals surface area contributed by atoms with Gasteiger partial charge < -0.3 is 5.73 Å². The summed E-state index contributed by atoms with van der Waals surface area (Å²) in [6, 6.07) is 5.56. The summed E-state index contributed by atoms with van der Waals surface area (Å²) in [7, 11) is 0. The lowest BCUT2D eigenvalue weighted by Crippen LogP contribution is -2.20. The molecule has 76 valence electrons. The molecule has 0 saturated heterocycles. The van der Waals surface area contributed by atoms with Gasteiger partial charge in [-0.2, -0.15) is 0 Å². The molecule has 0 aliphatic carbocycles. The van der Waals surface area contributed by atoms with Crippen LogP contribution >= 0.6 is 35.4 Å². The van der Waals surface area contributed by atoms with E-state index in [1.807, 2.05) is 19.1 Å². The average Bonchev–Trinajstić information content (AvgIpc) is 2.11. The molecule has 1 atom stereocenters. The van der Waals surface area contributed by atoms with Gasteiger partial charge in [0.15, 0.2) is 0 Å². The number of benzene rings is 1. The molecule has 1 aromatic rings. The van der Waals surface area contributed by atoms with Gasteiger partial charge in [-0.3, -0.25) is 0 Å². The van der Waals surface area contributed by atoms with E-state index in [1.54, 1.807) is 6.07 Å². The summed E-state index contributed by atoms with van der Waals surface area (Å²) < 4.78 is 0. The molecule has 4 heteroatoms. The van der Waals surface area contributed by atoms with Gasteiger partial charge in [-0.05, 0) is 24.1 Å². The molecule has 14 heavy (non-hydrogen) atoms. The minimum absolute atomic E-state index is 0.183. The topological polar surface area (TPSA) is 26.0 Å². The third-order valence-corrected chi connectivity index (χ3v) is 3.15. The quantitative estimate of drug-likeness (QED) is 0.829. The van der Waals surface area contributed by atoms with E-state index in [4.69, 9.17) is 41.2 Å². The third kappa shape index (κ3) is 3.12. The van der Waals surface area contributed by atoms with Crippen LogP contribution in [0.4, 0.5) is 0 Å². The van der Waals surface area contributed by atoms with Crippen LogP contribution < -0.4 is 5.73 Å². The molecule has 0 heterocycles. The van der Waals surface area contributed by atoms with Crippen molar-refractivity contribution < 1.29 is 0 Å². The largest absolute Gasteiger partial charge is 0.393 e. The van der Waals surface area contributed by atoms with Gasteiger partial charge >= 0.3 is 0 Å². The Morgan fingerprint density at radius 3 is 2.57 bits per heavy atom. The zero-order valence-corrected chi connectivity index (χ0v) is 10.1. The lowest BCUT2D eigenvalue weighted by molar-refractivity contribution is 0.772. The Hall–Kier alpha value is -0.310. The van der Waals surface area contributed by atoms with Crippen LogP contribution in [0.5, 0.6) is 0 Å². The SMILES string of the molecule is CC(Cc1ccc(Cl)c(Cl)c1)C(N)=S. The Kier molecular flexibility index (Phi) is 4.17.